The molecule has 0 aliphatic heterocycles. The average molecular weight is 318 g/mol. The topological polar surface area (TPSA) is 52.6 Å². The van der Waals surface area contributed by atoms with Gasteiger partial charge in [-0.2, -0.15) is 0 Å². The molecule has 1 unspecified atom stereocenters. The van der Waals surface area contributed by atoms with Gasteiger partial charge in [0.1, 0.15) is 0 Å². The molecular weight excluding hydrogens is 300 g/mol. The van der Waals surface area contributed by atoms with E-state index in [-0.39, 0.29) is 18.4 Å². The zero-order valence-corrected chi connectivity index (χ0v) is 13.6. The Balaban J connectivity index is 2.49. The lowest BCUT2D eigenvalue weighted by molar-refractivity contribution is -0.142. The van der Waals surface area contributed by atoms with Gasteiger partial charge < -0.3 is 9.47 Å². The third-order valence-corrected chi connectivity index (χ3v) is 4.72. The lowest BCUT2D eigenvalue weighted by Gasteiger charge is -2.11. The molecule has 4 nitrogen and oxygen atoms in total. The standard InChI is InChI=1S/C17H18O4S/c1-11(17(19)21-3)16-13(9-15(18)20-2)14(10-22-16)12-7-5-4-6-8-12/h4-8,10-11H,9H2,1-3H3. The second-order valence-electron chi connectivity index (χ2n) is 4.86. The Bertz CT molecular complexity index is 661. The van der Waals surface area contributed by atoms with Gasteiger partial charge in [0.15, 0.2) is 0 Å². The molecule has 0 bridgehead atoms. The number of thiophene rings is 1. The summed E-state index contributed by atoms with van der Waals surface area (Å²) in [6.07, 6.45) is 0.140. The fourth-order valence-corrected chi connectivity index (χ4v) is 3.45. The molecule has 0 amide bonds. The SMILES string of the molecule is COC(=O)Cc1c(-c2ccccc2)csc1C(C)C(=O)OC. The molecule has 0 aliphatic carbocycles. The van der Waals surface area contributed by atoms with E-state index in [0.29, 0.717) is 0 Å². The van der Waals surface area contributed by atoms with Crippen LogP contribution in [0.5, 0.6) is 0 Å². The van der Waals surface area contributed by atoms with Gasteiger partial charge in [0, 0.05) is 4.88 Å². The number of hydrogen-bond acceptors (Lipinski definition) is 5. The fourth-order valence-electron chi connectivity index (χ4n) is 2.30. The molecule has 0 aliphatic rings. The molecule has 22 heavy (non-hydrogen) atoms. The highest BCUT2D eigenvalue weighted by Crippen LogP contribution is 2.36. The highest BCUT2D eigenvalue weighted by Gasteiger charge is 2.25. The molecular formula is C17H18O4S. The predicted octanol–water partition coefficient (Wildman–Crippen LogP) is 3.41. The zero-order valence-electron chi connectivity index (χ0n) is 12.8. The molecule has 1 aromatic carbocycles. The summed E-state index contributed by atoms with van der Waals surface area (Å²) >= 11 is 1.47. The number of ether oxygens (including phenoxy) is 2. The van der Waals surface area contributed by atoms with E-state index in [1.807, 2.05) is 35.7 Å². The minimum Gasteiger partial charge on any atom is -0.469 e. The second-order valence-corrected chi connectivity index (χ2v) is 5.77. The Labute approximate surface area is 133 Å². The van der Waals surface area contributed by atoms with Crippen LogP contribution in [0.4, 0.5) is 0 Å². The maximum absolute atomic E-state index is 11.8. The Kier molecular flexibility index (Phi) is 5.33. The monoisotopic (exact) mass is 318 g/mol. The van der Waals surface area contributed by atoms with Gasteiger partial charge in [0.2, 0.25) is 0 Å². The molecule has 0 fully saturated rings. The molecule has 0 radical (unpaired) electrons. The lowest BCUT2D eigenvalue weighted by Crippen LogP contribution is -2.13. The van der Waals surface area contributed by atoms with E-state index in [1.54, 1.807) is 6.92 Å². The molecule has 5 heteroatoms. The summed E-state index contributed by atoms with van der Waals surface area (Å²) in [5, 5.41) is 1.97. The first-order valence-electron chi connectivity index (χ1n) is 6.88. The molecule has 0 saturated heterocycles. The van der Waals surface area contributed by atoms with Crippen molar-refractivity contribution in [1.82, 2.24) is 0 Å². The molecule has 2 aromatic rings. The fraction of sp³-hybridized carbons (Fsp3) is 0.294. The van der Waals surface area contributed by atoms with Crippen molar-refractivity contribution in [1.29, 1.82) is 0 Å². The van der Waals surface area contributed by atoms with Gasteiger partial charge in [-0.3, -0.25) is 9.59 Å². The summed E-state index contributed by atoms with van der Waals surface area (Å²) in [5.41, 5.74) is 2.81. The number of rotatable bonds is 5. The minimum absolute atomic E-state index is 0.140. The van der Waals surface area contributed by atoms with Crippen LogP contribution in [-0.2, 0) is 25.5 Å². The smallest absolute Gasteiger partial charge is 0.313 e. The van der Waals surface area contributed by atoms with Gasteiger partial charge in [0.25, 0.3) is 0 Å². The van der Waals surface area contributed by atoms with Crippen LogP contribution in [0.15, 0.2) is 35.7 Å². The summed E-state index contributed by atoms with van der Waals surface area (Å²) < 4.78 is 9.60. The summed E-state index contributed by atoms with van der Waals surface area (Å²) in [7, 11) is 2.73. The van der Waals surface area contributed by atoms with Crippen molar-refractivity contribution < 1.29 is 19.1 Å². The van der Waals surface area contributed by atoms with Crippen LogP contribution < -0.4 is 0 Å². The van der Waals surface area contributed by atoms with Crippen LogP contribution in [0.25, 0.3) is 11.1 Å². The van der Waals surface area contributed by atoms with Crippen LogP contribution in [0.1, 0.15) is 23.3 Å². The summed E-state index contributed by atoms with van der Waals surface area (Å²) in [5.74, 6) is -1.05. The van der Waals surface area contributed by atoms with E-state index < -0.39 is 5.92 Å². The normalized spacial score (nSPS) is 11.8. The molecule has 1 aromatic heterocycles. The van der Waals surface area contributed by atoms with Crippen molar-refractivity contribution in [3.63, 3.8) is 0 Å². The van der Waals surface area contributed by atoms with Gasteiger partial charge in [-0.15, -0.1) is 11.3 Å². The minimum atomic E-state index is -0.410. The molecule has 0 spiro atoms. The van der Waals surface area contributed by atoms with Crippen molar-refractivity contribution >= 4 is 23.3 Å². The van der Waals surface area contributed by atoms with Crippen molar-refractivity contribution in [3.05, 3.63) is 46.2 Å². The van der Waals surface area contributed by atoms with Crippen LogP contribution in [0.3, 0.4) is 0 Å². The lowest BCUT2D eigenvalue weighted by atomic mass is 9.96. The van der Waals surface area contributed by atoms with Gasteiger partial charge in [-0.1, -0.05) is 30.3 Å². The van der Waals surface area contributed by atoms with Gasteiger partial charge in [-0.25, -0.2) is 0 Å². The van der Waals surface area contributed by atoms with Crippen LogP contribution >= 0.6 is 11.3 Å². The summed E-state index contributed by atoms with van der Waals surface area (Å²) in [4.78, 5) is 24.4. The van der Waals surface area contributed by atoms with E-state index in [4.69, 9.17) is 9.47 Å². The number of carbonyl (C=O) groups excluding carboxylic acids is 2. The van der Waals surface area contributed by atoms with Gasteiger partial charge in [-0.05, 0) is 29.0 Å². The van der Waals surface area contributed by atoms with E-state index in [9.17, 15) is 9.59 Å². The Hall–Kier alpha value is -2.14. The number of carbonyl (C=O) groups is 2. The first kappa shape index (κ1) is 16.2. The van der Waals surface area contributed by atoms with Crippen LogP contribution in [-0.4, -0.2) is 26.2 Å². The third-order valence-electron chi connectivity index (χ3n) is 3.51. The van der Waals surface area contributed by atoms with E-state index in [0.717, 1.165) is 21.6 Å². The maximum Gasteiger partial charge on any atom is 0.313 e. The van der Waals surface area contributed by atoms with Crippen molar-refractivity contribution in [2.75, 3.05) is 14.2 Å². The van der Waals surface area contributed by atoms with Gasteiger partial charge >= 0.3 is 11.9 Å². The number of methoxy groups -OCH3 is 2. The Morgan fingerprint density at radius 3 is 2.41 bits per heavy atom. The first-order valence-corrected chi connectivity index (χ1v) is 7.76. The maximum atomic E-state index is 11.8. The van der Waals surface area contributed by atoms with Crippen LogP contribution in [0, 0.1) is 0 Å². The highest BCUT2D eigenvalue weighted by atomic mass is 32.1. The summed E-state index contributed by atoms with van der Waals surface area (Å²) in [6.45, 7) is 1.78. The van der Waals surface area contributed by atoms with E-state index in [1.165, 1.54) is 25.6 Å². The van der Waals surface area contributed by atoms with Gasteiger partial charge in [0.05, 0.1) is 26.6 Å². The zero-order chi connectivity index (χ0) is 16.1. The van der Waals surface area contributed by atoms with Crippen LogP contribution in [0.2, 0.25) is 0 Å². The Morgan fingerprint density at radius 2 is 1.82 bits per heavy atom. The molecule has 1 heterocycles. The molecule has 0 saturated carbocycles. The first-order chi connectivity index (χ1) is 10.6. The van der Waals surface area contributed by atoms with E-state index >= 15 is 0 Å². The third kappa shape index (κ3) is 3.36. The number of benzene rings is 1. The number of hydrogen-bond donors (Lipinski definition) is 0. The largest absolute Gasteiger partial charge is 0.469 e. The van der Waals surface area contributed by atoms with Crippen molar-refractivity contribution in [2.45, 2.75) is 19.3 Å². The quantitative estimate of drug-likeness (QED) is 0.793. The van der Waals surface area contributed by atoms with E-state index in [2.05, 4.69) is 0 Å². The molecule has 116 valence electrons. The average Bonchev–Trinajstić information content (AvgIpc) is 2.97. The van der Waals surface area contributed by atoms with Crippen molar-refractivity contribution in [2.24, 2.45) is 0 Å². The molecule has 0 N–H and O–H groups in total. The summed E-state index contributed by atoms with van der Waals surface area (Å²) in [6, 6.07) is 9.79. The molecule has 1 atom stereocenters. The predicted molar refractivity (Wildman–Crippen MR) is 85.9 cm³/mol. The van der Waals surface area contributed by atoms with Crippen molar-refractivity contribution in [3.8, 4) is 11.1 Å². The highest BCUT2D eigenvalue weighted by molar-refractivity contribution is 7.10. The molecule has 2 rings (SSSR count). The Morgan fingerprint density at radius 1 is 1.14 bits per heavy atom. The number of esters is 2. The second kappa shape index (κ2) is 7.22.